The minimum absolute atomic E-state index is 0.0140. The van der Waals surface area contributed by atoms with E-state index in [-0.39, 0.29) is 16.9 Å². The average molecular weight is 600 g/mol. The summed E-state index contributed by atoms with van der Waals surface area (Å²) in [5.74, 6) is -6.38. The van der Waals surface area contributed by atoms with Crippen LogP contribution in [0.2, 0.25) is 0 Å². The topological polar surface area (TPSA) is 112 Å². The van der Waals surface area contributed by atoms with Gasteiger partial charge in [-0.15, -0.1) is 0 Å². The second kappa shape index (κ2) is 12.6. The number of hydrogen-bond acceptors (Lipinski definition) is 5. The fraction of sp³-hybridized carbons (Fsp3) is 0.258. The third-order valence-electron chi connectivity index (χ3n) is 7.07. The Labute approximate surface area is 244 Å². The molecule has 1 atom stereocenters. The van der Waals surface area contributed by atoms with E-state index in [2.05, 4.69) is 10.6 Å². The zero-order valence-electron chi connectivity index (χ0n) is 23.5. The summed E-state index contributed by atoms with van der Waals surface area (Å²) in [4.78, 5) is 39.0. The number of rotatable bonds is 10. The molecule has 0 fully saturated rings. The van der Waals surface area contributed by atoms with Crippen LogP contribution in [0.3, 0.4) is 0 Å². The predicted molar refractivity (Wildman–Crippen MR) is 154 cm³/mol. The molecule has 0 aliphatic carbocycles. The Morgan fingerprint density at radius 3 is 2.21 bits per heavy atom. The minimum atomic E-state index is -5.03. The van der Waals surface area contributed by atoms with Crippen molar-refractivity contribution < 1.29 is 41.5 Å². The first-order valence-corrected chi connectivity index (χ1v) is 13.4. The summed E-state index contributed by atoms with van der Waals surface area (Å²) >= 11 is 0. The molecule has 3 aromatic carbocycles. The number of anilines is 1. The molecule has 4 aromatic rings. The predicted octanol–water partition coefficient (Wildman–Crippen LogP) is 6.10. The third-order valence-corrected chi connectivity index (χ3v) is 7.07. The lowest BCUT2D eigenvalue weighted by Gasteiger charge is -2.24. The highest BCUT2D eigenvalue weighted by atomic mass is 19.4. The maximum atomic E-state index is 13.6. The van der Waals surface area contributed by atoms with E-state index in [0.717, 1.165) is 0 Å². The number of nitrogens with one attached hydrogen (secondary N) is 2. The number of benzene rings is 3. The first-order valence-electron chi connectivity index (χ1n) is 13.4. The first-order chi connectivity index (χ1) is 20.4. The molecule has 0 bridgehead atoms. The minimum Gasteiger partial charge on any atom is -0.481 e. The fourth-order valence-electron chi connectivity index (χ4n) is 4.81. The van der Waals surface area contributed by atoms with Crippen molar-refractivity contribution in [3.63, 3.8) is 0 Å². The van der Waals surface area contributed by atoms with E-state index < -0.39 is 42.2 Å². The lowest BCUT2D eigenvalue weighted by atomic mass is 9.96. The number of nitrogens with zero attached hydrogens (tertiary/aromatic N) is 1. The molecule has 0 radical (unpaired) electrons. The van der Waals surface area contributed by atoms with E-state index >= 15 is 0 Å². The van der Waals surface area contributed by atoms with Gasteiger partial charge in [0.25, 0.3) is 11.8 Å². The molecule has 12 heteroatoms. The molecule has 0 saturated carbocycles. The normalized spacial score (nSPS) is 12.2. The molecule has 2 amide bonds. The number of amides is 2. The number of hydrogen-bond donors (Lipinski definition) is 3. The Kier molecular flexibility index (Phi) is 9.07. The molecule has 226 valence electrons. The van der Waals surface area contributed by atoms with Gasteiger partial charge in [-0.05, 0) is 61.9 Å². The van der Waals surface area contributed by atoms with Gasteiger partial charge in [0.15, 0.2) is 5.92 Å². The Hall–Kier alpha value is -4.87. The number of carboxylic acid groups (broad SMARTS) is 1. The van der Waals surface area contributed by atoms with Crippen LogP contribution in [0.1, 0.15) is 34.6 Å². The maximum Gasteiger partial charge on any atom is 0.403 e. The second-order valence-corrected chi connectivity index (χ2v) is 9.65. The van der Waals surface area contributed by atoms with Crippen molar-refractivity contribution >= 4 is 34.4 Å². The second-order valence-electron chi connectivity index (χ2n) is 9.65. The van der Waals surface area contributed by atoms with Crippen LogP contribution >= 0.6 is 0 Å². The number of carboxylic acids is 1. The first kappa shape index (κ1) is 31.1. The van der Waals surface area contributed by atoms with Gasteiger partial charge in [0, 0.05) is 60.5 Å². The van der Waals surface area contributed by atoms with Crippen LogP contribution in [-0.2, 0) is 4.79 Å². The van der Waals surface area contributed by atoms with Crippen molar-refractivity contribution in [3.8, 4) is 22.5 Å². The zero-order valence-corrected chi connectivity index (χ0v) is 23.5. The van der Waals surface area contributed by atoms with Crippen molar-refractivity contribution in [2.24, 2.45) is 5.92 Å². The van der Waals surface area contributed by atoms with Crippen molar-refractivity contribution in [1.82, 2.24) is 10.6 Å². The van der Waals surface area contributed by atoms with Gasteiger partial charge in [0.05, 0.1) is 5.56 Å². The maximum absolute atomic E-state index is 13.6. The molecular weight excluding hydrogens is 570 g/mol. The van der Waals surface area contributed by atoms with Gasteiger partial charge in [-0.3, -0.25) is 14.4 Å². The lowest BCUT2D eigenvalue weighted by molar-refractivity contribution is -0.192. The van der Waals surface area contributed by atoms with Gasteiger partial charge in [-0.2, -0.15) is 13.2 Å². The highest BCUT2D eigenvalue weighted by Crippen LogP contribution is 2.41. The van der Waals surface area contributed by atoms with Crippen LogP contribution in [0.25, 0.3) is 33.4 Å². The smallest absolute Gasteiger partial charge is 0.403 e. The molecule has 1 aromatic heterocycles. The zero-order chi connectivity index (χ0) is 31.5. The van der Waals surface area contributed by atoms with E-state index in [0.29, 0.717) is 46.4 Å². The molecule has 43 heavy (non-hydrogen) atoms. The van der Waals surface area contributed by atoms with E-state index in [4.69, 9.17) is 9.52 Å². The number of aliphatic carboxylic acids is 1. The Morgan fingerprint density at radius 1 is 0.953 bits per heavy atom. The van der Waals surface area contributed by atoms with Crippen LogP contribution in [0.15, 0.2) is 65.1 Å². The largest absolute Gasteiger partial charge is 0.481 e. The van der Waals surface area contributed by atoms with Crippen LogP contribution in [0.4, 0.5) is 23.2 Å². The quantitative estimate of drug-likeness (QED) is 0.190. The van der Waals surface area contributed by atoms with E-state index in [1.165, 1.54) is 43.4 Å². The summed E-state index contributed by atoms with van der Waals surface area (Å²) < 4.78 is 59.0. The molecule has 0 saturated heterocycles. The van der Waals surface area contributed by atoms with Crippen molar-refractivity contribution in [3.05, 3.63) is 77.6 Å². The Bertz CT molecular complexity index is 1660. The standard InChI is InChI=1S/C31H29F4N3O5/c1-4-38(5-2)24-15-25-22(26(29(40)36-3)27(43-25)17-9-11-20(32)12-10-17)14-21(24)18-7-6-8-19(13-18)28(39)37-16-23(30(41)42)31(33,34)35/h6-15,23H,4-5,16H2,1-3H3,(H,36,40)(H,37,39)(H,41,42). The van der Waals surface area contributed by atoms with Gasteiger partial charge in [0.1, 0.15) is 17.2 Å². The monoisotopic (exact) mass is 599 g/mol. The van der Waals surface area contributed by atoms with Gasteiger partial charge in [-0.25, -0.2) is 4.39 Å². The lowest BCUT2D eigenvalue weighted by Crippen LogP contribution is -2.41. The third kappa shape index (κ3) is 6.47. The van der Waals surface area contributed by atoms with Gasteiger partial charge in [0.2, 0.25) is 0 Å². The molecular formula is C31H29F4N3O5. The summed E-state index contributed by atoms with van der Waals surface area (Å²) in [6.07, 6.45) is -5.03. The molecule has 3 N–H and O–H groups in total. The number of alkyl halides is 3. The molecule has 0 spiro atoms. The van der Waals surface area contributed by atoms with E-state index in [1.54, 1.807) is 24.3 Å². The van der Waals surface area contributed by atoms with Crippen LogP contribution in [0.5, 0.6) is 0 Å². The number of furan rings is 1. The van der Waals surface area contributed by atoms with Crippen LogP contribution in [-0.4, -0.2) is 55.7 Å². The van der Waals surface area contributed by atoms with Crippen molar-refractivity contribution in [2.75, 3.05) is 31.6 Å². The summed E-state index contributed by atoms with van der Waals surface area (Å²) in [5.41, 5.74) is 2.96. The molecule has 1 heterocycles. The van der Waals surface area contributed by atoms with Crippen molar-refractivity contribution in [2.45, 2.75) is 20.0 Å². The van der Waals surface area contributed by atoms with Crippen molar-refractivity contribution in [1.29, 1.82) is 0 Å². The summed E-state index contributed by atoms with van der Waals surface area (Å²) in [6, 6.07) is 15.2. The molecule has 4 rings (SSSR count). The van der Waals surface area contributed by atoms with Gasteiger partial charge in [-0.1, -0.05) is 12.1 Å². The van der Waals surface area contributed by atoms with Crippen LogP contribution < -0.4 is 15.5 Å². The Balaban J connectivity index is 1.85. The molecule has 0 aliphatic heterocycles. The van der Waals surface area contributed by atoms with E-state index in [1.807, 2.05) is 18.7 Å². The SMILES string of the molecule is CCN(CC)c1cc2oc(-c3ccc(F)cc3)c(C(=O)NC)c2cc1-c1cccc(C(=O)NCC(C(=O)O)C(F)(F)F)c1. The van der Waals surface area contributed by atoms with Gasteiger partial charge >= 0.3 is 12.1 Å². The highest BCUT2D eigenvalue weighted by molar-refractivity contribution is 6.13. The summed E-state index contributed by atoms with van der Waals surface area (Å²) in [5, 5.41) is 14.1. The summed E-state index contributed by atoms with van der Waals surface area (Å²) in [6.45, 7) is 3.95. The number of carbonyl (C=O) groups is 3. The molecule has 8 nitrogen and oxygen atoms in total. The van der Waals surface area contributed by atoms with Crippen LogP contribution in [0, 0.1) is 11.7 Å². The molecule has 0 aliphatic rings. The molecule has 1 unspecified atom stereocenters. The summed E-state index contributed by atoms with van der Waals surface area (Å²) in [7, 11) is 1.47. The van der Waals surface area contributed by atoms with Gasteiger partial charge < -0.3 is 25.1 Å². The number of carbonyl (C=O) groups excluding carboxylic acids is 2. The average Bonchev–Trinajstić information content (AvgIpc) is 3.35. The fourth-order valence-corrected chi connectivity index (χ4v) is 4.81. The van der Waals surface area contributed by atoms with E-state index in [9.17, 15) is 31.9 Å². The Morgan fingerprint density at radius 2 is 1.63 bits per heavy atom. The number of fused-ring (bicyclic) bond motifs is 1. The highest BCUT2D eigenvalue weighted by Gasteiger charge is 2.45. The number of halogens is 4.